The summed E-state index contributed by atoms with van der Waals surface area (Å²) in [6, 6.07) is 0. The van der Waals surface area contributed by atoms with Crippen molar-refractivity contribution in [3.8, 4) is 0 Å². The minimum Gasteiger partial charge on any atom is -0.383 e. The summed E-state index contributed by atoms with van der Waals surface area (Å²) in [5.41, 5.74) is 1.08. The summed E-state index contributed by atoms with van der Waals surface area (Å²) < 4.78 is 5.00. The smallest absolute Gasteiger partial charge is 0.191 e. The van der Waals surface area contributed by atoms with Crippen molar-refractivity contribution in [1.82, 2.24) is 15.6 Å². The molecule has 0 spiro atoms. The van der Waals surface area contributed by atoms with Crippen LogP contribution in [0.15, 0.2) is 4.99 Å². The Balaban J connectivity index is 0.00000324. The number of aliphatic imine (C=N–C) groups is 1. The lowest BCUT2D eigenvalue weighted by Crippen LogP contribution is -2.38. The molecule has 5 nitrogen and oxygen atoms in total. The number of methoxy groups -OCH3 is 1. The first-order valence-electron chi connectivity index (χ1n) is 6.11. The fourth-order valence-electron chi connectivity index (χ4n) is 1.48. The number of aryl methyl sites for hydroxylation is 2. The lowest BCUT2D eigenvalue weighted by atomic mass is 10.4. The SMILES string of the molecule is CCNC(=NCc1sc(C)nc1C)NCCOC.I. The van der Waals surface area contributed by atoms with Crippen molar-refractivity contribution in [3.05, 3.63) is 15.6 Å². The number of nitrogens with one attached hydrogen (secondary N) is 2. The van der Waals surface area contributed by atoms with Gasteiger partial charge in [0.25, 0.3) is 0 Å². The van der Waals surface area contributed by atoms with Crippen molar-refractivity contribution in [1.29, 1.82) is 0 Å². The molecular weight excluding hydrogens is 375 g/mol. The zero-order chi connectivity index (χ0) is 13.4. The molecule has 1 aromatic heterocycles. The number of hydrogen-bond acceptors (Lipinski definition) is 4. The van der Waals surface area contributed by atoms with E-state index in [2.05, 4.69) is 27.5 Å². The van der Waals surface area contributed by atoms with Gasteiger partial charge in [0.1, 0.15) is 0 Å². The molecule has 0 unspecified atom stereocenters. The second-order valence-corrected chi connectivity index (χ2v) is 5.14. The van der Waals surface area contributed by atoms with Gasteiger partial charge in [-0.05, 0) is 20.8 Å². The first kappa shape index (κ1) is 18.6. The summed E-state index contributed by atoms with van der Waals surface area (Å²) >= 11 is 1.70. The number of guanidine groups is 1. The van der Waals surface area contributed by atoms with E-state index in [-0.39, 0.29) is 24.0 Å². The molecule has 0 aromatic carbocycles. The molecule has 0 amide bonds. The van der Waals surface area contributed by atoms with E-state index in [1.807, 2.05) is 13.8 Å². The van der Waals surface area contributed by atoms with E-state index in [9.17, 15) is 0 Å². The Hall–Kier alpha value is -0.410. The highest BCUT2D eigenvalue weighted by atomic mass is 127. The molecule has 0 atom stereocenters. The Kier molecular flexibility index (Phi) is 10.2. The summed E-state index contributed by atoms with van der Waals surface area (Å²) in [6.45, 7) is 9.04. The molecule has 0 saturated carbocycles. The van der Waals surface area contributed by atoms with Crippen molar-refractivity contribution < 1.29 is 4.74 Å². The molecule has 19 heavy (non-hydrogen) atoms. The summed E-state index contributed by atoms with van der Waals surface area (Å²) in [6.07, 6.45) is 0. The summed E-state index contributed by atoms with van der Waals surface area (Å²) in [7, 11) is 1.69. The first-order chi connectivity index (χ1) is 8.67. The lowest BCUT2D eigenvalue weighted by Gasteiger charge is -2.10. The van der Waals surface area contributed by atoms with Crippen LogP contribution in [0.25, 0.3) is 0 Å². The minimum atomic E-state index is 0. The number of halogens is 1. The van der Waals surface area contributed by atoms with Crippen LogP contribution in [0, 0.1) is 13.8 Å². The van der Waals surface area contributed by atoms with E-state index < -0.39 is 0 Å². The third-order valence-electron chi connectivity index (χ3n) is 2.32. The number of hydrogen-bond donors (Lipinski definition) is 2. The van der Waals surface area contributed by atoms with E-state index in [4.69, 9.17) is 4.74 Å². The summed E-state index contributed by atoms with van der Waals surface area (Å²) in [5, 5.41) is 7.51. The van der Waals surface area contributed by atoms with Gasteiger partial charge in [0, 0.05) is 25.1 Å². The van der Waals surface area contributed by atoms with Crippen molar-refractivity contribution >= 4 is 41.3 Å². The van der Waals surface area contributed by atoms with Crippen molar-refractivity contribution in [2.45, 2.75) is 27.3 Å². The quantitative estimate of drug-likeness (QED) is 0.334. The zero-order valence-corrected chi connectivity index (χ0v) is 15.1. The third kappa shape index (κ3) is 7.07. The molecule has 0 bridgehead atoms. The second kappa shape index (κ2) is 10.4. The zero-order valence-electron chi connectivity index (χ0n) is 11.9. The van der Waals surface area contributed by atoms with E-state index >= 15 is 0 Å². The van der Waals surface area contributed by atoms with Crippen LogP contribution in [0.2, 0.25) is 0 Å². The number of aromatic nitrogens is 1. The van der Waals surface area contributed by atoms with Crippen molar-refractivity contribution in [2.75, 3.05) is 26.8 Å². The molecule has 0 saturated heterocycles. The molecule has 7 heteroatoms. The molecule has 0 aliphatic heterocycles. The lowest BCUT2D eigenvalue weighted by molar-refractivity contribution is 0.203. The predicted molar refractivity (Wildman–Crippen MR) is 91.7 cm³/mol. The average molecular weight is 398 g/mol. The van der Waals surface area contributed by atoms with Gasteiger partial charge in [-0.3, -0.25) is 0 Å². The largest absolute Gasteiger partial charge is 0.383 e. The highest BCUT2D eigenvalue weighted by molar-refractivity contribution is 14.0. The van der Waals surface area contributed by atoms with Gasteiger partial charge in [-0.1, -0.05) is 0 Å². The first-order valence-corrected chi connectivity index (χ1v) is 6.93. The van der Waals surface area contributed by atoms with E-state index in [1.165, 1.54) is 4.88 Å². The van der Waals surface area contributed by atoms with Gasteiger partial charge in [-0.25, -0.2) is 9.98 Å². The maximum absolute atomic E-state index is 5.00. The highest BCUT2D eigenvalue weighted by Crippen LogP contribution is 2.17. The molecule has 0 aliphatic carbocycles. The van der Waals surface area contributed by atoms with Gasteiger partial charge >= 0.3 is 0 Å². The second-order valence-electron chi connectivity index (χ2n) is 3.86. The van der Waals surface area contributed by atoms with E-state index in [1.54, 1.807) is 18.4 Å². The highest BCUT2D eigenvalue weighted by Gasteiger charge is 2.04. The normalized spacial score (nSPS) is 11.1. The molecule has 0 radical (unpaired) electrons. The van der Waals surface area contributed by atoms with Gasteiger partial charge in [-0.15, -0.1) is 35.3 Å². The monoisotopic (exact) mass is 398 g/mol. The Morgan fingerprint density at radius 1 is 1.37 bits per heavy atom. The van der Waals surface area contributed by atoms with Crippen LogP contribution in [-0.2, 0) is 11.3 Å². The maximum atomic E-state index is 5.00. The Bertz CT molecular complexity index is 395. The number of nitrogens with zero attached hydrogens (tertiary/aromatic N) is 2. The van der Waals surface area contributed by atoms with Gasteiger partial charge < -0.3 is 15.4 Å². The van der Waals surface area contributed by atoms with E-state index in [0.29, 0.717) is 13.2 Å². The van der Waals surface area contributed by atoms with Crippen LogP contribution >= 0.6 is 35.3 Å². The fraction of sp³-hybridized carbons (Fsp3) is 0.667. The standard InChI is InChI=1S/C12H22N4OS.HI/c1-5-13-12(14-6-7-17-4)15-8-11-9(2)16-10(3)18-11;/h5-8H2,1-4H3,(H2,13,14,15);1H. The molecule has 1 aromatic rings. The molecule has 2 N–H and O–H groups in total. The minimum absolute atomic E-state index is 0. The van der Waals surface area contributed by atoms with Gasteiger partial charge in [0.05, 0.1) is 23.9 Å². The predicted octanol–water partition coefficient (Wildman–Crippen LogP) is 2.08. The third-order valence-corrected chi connectivity index (χ3v) is 3.38. The summed E-state index contributed by atoms with van der Waals surface area (Å²) in [5.74, 6) is 0.819. The Morgan fingerprint density at radius 3 is 2.63 bits per heavy atom. The van der Waals surface area contributed by atoms with Gasteiger partial charge in [-0.2, -0.15) is 0 Å². The Morgan fingerprint density at radius 2 is 2.11 bits per heavy atom. The van der Waals surface area contributed by atoms with Gasteiger partial charge in [0.15, 0.2) is 5.96 Å². The van der Waals surface area contributed by atoms with Crippen LogP contribution in [0.3, 0.4) is 0 Å². The Labute approximate surface area is 136 Å². The summed E-state index contributed by atoms with van der Waals surface area (Å²) in [4.78, 5) is 10.2. The molecule has 1 rings (SSSR count). The van der Waals surface area contributed by atoms with Crippen LogP contribution in [0.4, 0.5) is 0 Å². The topological polar surface area (TPSA) is 58.5 Å². The molecule has 0 fully saturated rings. The number of rotatable bonds is 6. The molecule has 110 valence electrons. The number of thiazole rings is 1. The van der Waals surface area contributed by atoms with Crippen LogP contribution < -0.4 is 10.6 Å². The van der Waals surface area contributed by atoms with Crippen molar-refractivity contribution in [3.63, 3.8) is 0 Å². The molecular formula is C12H23IN4OS. The van der Waals surface area contributed by atoms with E-state index in [0.717, 1.165) is 29.8 Å². The van der Waals surface area contributed by atoms with Crippen LogP contribution in [0.1, 0.15) is 22.5 Å². The van der Waals surface area contributed by atoms with Crippen LogP contribution in [0.5, 0.6) is 0 Å². The van der Waals surface area contributed by atoms with Crippen molar-refractivity contribution in [2.24, 2.45) is 4.99 Å². The molecule has 1 heterocycles. The number of ether oxygens (including phenoxy) is 1. The maximum Gasteiger partial charge on any atom is 0.191 e. The van der Waals surface area contributed by atoms with Gasteiger partial charge in [0.2, 0.25) is 0 Å². The fourth-order valence-corrected chi connectivity index (χ4v) is 2.35. The molecule has 0 aliphatic rings. The average Bonchev–Trinajstić information content (AvgIpc) is 2.65. The van der Waals surface area contributed by atoms with Crippen LogP contribution in [-0.4, -0.2) is 37.7 Å².